The molecule has 0 bridgehead atoms. The monoisotopic (exact) mass is 408 g/mol. The van der Waals surface area contributed by atoms with Gasteiger partial charge < -0.3 is 0 Å². The SMILES string of the molecule is CCCCC(=CC(C)CC)C(CCC)=C(C)C=C(CC)c1ccc(C(C)CC)cc1. The third-order valence-corrected chi connectivity index (χ3v) is 6.53. The maximum absolute atomic E-state index is 2.56. The van der Waals surface area contributed by atoms with Crippen molar-refractivity contribution in [2.75, 3.05) is 0 Å². The summed E-state index contributed by atoms with van der Waals surface area (Å²) < 4.78 is 0. The molecule has 0 aliphatic rings. The number of allylic oxidation sites excluding steroid dienone is 6. The first-order chi connectivity index (χ1) is 14.4. The lowest BCUT2D eigenvalue weighted by atomic mass is 9.88. The van der Waals surface area contributed by atoms with Crippen LogP contribution in [0.25, 0.3) is 5.57 Å². The average Bonchev–Trinajstić information content (AvgIpc) is 2.77. The molecule has 0 fully saturated rings. The van der Waals surface area contributed by atoms with E-state index >= 15 is 0 Å². The van der Waals surface area contributed by atoms with E-state index in [0.29, 0.717) is 11.8 Å². The lowest BCUT2D eigenvalue weighted by Gasteiger charge is -2.18. The van der Waals surface area contributed by atoms with E-state index in [2.05, 4.69) is 91.8 Å². The molecule has 168 valence electrons. The van der Waals surface area contributed by atoms with Crippen molar-refractivity contribution >= 4 is 5.57 Å². The summed E-state index contributed by atoms with van der Waals surface area (Å²) in [4.78, 5) is 0. The van der Waals surface area contributed by atoms with Gasteiger partial charge in [0.15, 0.2) is 0 Å². The van der Waals surface area contributed by atoms with Gasteiger partial charge in [-0.2, -0.15) is 0 Å². The van der Waals surface area contributed by atoms with Crippen LogP contribution in [0.5, 0.6) is 0 Å². The molecule has 0 heterocycles. The number of hydrogen-bond acceptors (Lipinski definition) is 0. The Kier molecular flexibility index (Phi) is 12.7. The van der Waals surface area contributed by atoms with Crippen molar-refractivity contribution in [1.29, 1.82) is 0 Å². The van der Waals surface area contributed by atoms with E-state index in [1.165, 1.54) is 67.2 Å². The minimum atomic E-state index is 0.637. The summed E-state index contributed by atoms with van der Waals surface area (Å²) in [7, 11) is 0. The standard InChI is InChI=1S/C30H48/c1-9-14-16-29(21-23(6)11-3)30(15-10-2)25(8)22-26(13-5)28-19-17-27(18-20-28)24(7)12-4/h17-24H,9-16H2,1-8H3. The average molecular weight is 409 g/mol. The molecule has 0 saturated carbocycles. The zero-order valence-corrected chi connectivity index (χ0v) is 21.3. The van der Waals surface area contributed by atoms with Crippen LogP contribution in [0.2, 0.25) is 0 Å². The zero-order chi connectivity index (χ0) is 22.5. The van der Waals surface area contributed by atoms with Crippen molar-refractivity contribution in [2.45, 2.75) is 113 Å². The first-order valence-corrected chi connectivity index (χ1v) is 12.6. The van der Waals surface area contributed by atoms with Gasteiger partial charge in [0.1, 0.15) is 0 Å². The molecule has 0 aliphatic heterocycles. The lowest BCUT2D eigenvalue weighted by Crippen LogP contribution is -1.99. The lowest BCUT2D eigenvalue weighted by molar-refractivity contribution is 0.679. The molecule has 2 atom stereocenters. The highest BCUT2D eigenvalue weighted by atomic mass is 14.2. The molecule has 0 N–H and O–H groups in total. The molecular formula is C30H48. The quantitative estimate of drug-likeness (QED) is 0.285. The molecule has 0 amide bonds. The Labute approximate surface area is 188 Å². The highest BCUT2D eigenvalue weighted by molar-refractivity contribution is 5.69. The van der Waals surface area contributed by atoms with Crippen LogP contribution in [-0.2, 0) is 0 Å². The first kappa shape index (κ1) is 26.5. The summed E-state index contributed by atoms with van der Waals surface area (Å²) in [6.45, 7) is 18.5. The minimum Gasteiger partial charge on any atom is -0.0782 e. The second-order valence-electron chi connectivity index (χ2n) is 9.05. The van der Waals surface area contributed by atoms with Gasteiger partial charge >= 0.3 is 0 Å². The Hall–Kier alpha value is -1.56. The van der Waals surface area contributed by atoms with Gasteiger partial charge in [0, 0.05) is 0 Å². The summed E-state index contributed by atoms with van der Waals surface area (Å²) in [5.41, 5.74) is 8.94. The van der Waals surface area contributed by atoms with Gasteiger partial charge in [0.25, 0.3) is 0 Å². The third kappa shape index (κ3) is 8.29. The van der Waals surface area contributed by atoms with Crippen LogP contribution >= 0.6 is 0 Å². The Morgan fingerprint density at radius 1 is 0.867 bits per heavy atom. The topological polar surface area (TPSA) is 0 Å². The number of hydrogen-bond donors (Lipinski definition) is 0. The summed E-state index contributed by atoms with van der Waals surface area (Å²) >= 11 is 0. The maximum Gasteiger partial charge on any atom is -0.0193 e. The Bertz CT molecular complexity index is 696. The Morgan fingerprint density at radius 3 is 2.03 bits per heavy atom. The smallest absolute Gasteiger partial charge is 0.0193 e. The van der Waals surface area contributed by atoms with Crippen LogP contribution in [0, 0.1) is 5.92 Å². The van der Waals surface area contributed by atoms with Crippen LogP contribution in [0.3, 0.4) is 0 Å². The molecule has 0 heteroatoms. The fourth-order valence-electron chi connectivity index (χ4n) is 4.02. The Balaban J connectivity index is 3.36. The molecule has 1 rings (SSSR count). The maximum atomic E-state index is 2.56. The molecule has 0 radical (unpaired) electrons. The van der Waals surface area contributed by atoms with Gasteiger partial charge in [0.05, 0.1) is 0 Å². The molecular weight excluding hydrogens is 360 g/mol. The van der Waals surface area contributed by atoms with E-state index in [-0.39, 0.29) is 0 Å². The van der Waals surface area contributed by atoms with E-state index in [0.717, 1.165) is 6.42 Å². The second-order valence-corrected chi connectivity index (χ2v) is 9.05. The van der Waals surface area contributed by atoms with Gasteiger partial charge in [-0.15, -0.1) is 0 Å². The molecule has 0 spiro atoms. The van der Waals surface area contributed by atoms with Crippen molar-refractivity contribution in [3.63, 3.8) is 0 Å². The van der Waals surface area contributed by atoms with Gasteiger partial charge in [0.2, 0.25) is 0 Å². The fourth-order valence-corrected chi connectivity index (χ4v) is 4.02. The number of benzene rings is 1. The summed E-state index contributed by atoms with van der Waals surface area (Å²) in [6.07, 6.45) is 14.6. The van der Waals surface area contributed by atoms with E-state index in [1.807, 2.05) is 0 Å². The molecule has 0 aliphatic carbocycles. The highest BCUT2D eigenvalue weighted by Gasteiger charge is 2.11. The fraction of sp³-hybridized carbons (Fsp3) is 0.600. The molecule has 1 aromatic rings. The van der Waals surface area contributed by atoms with Crippen LogP contribution in [-0.4, -0.2) is 0 Å². The van der Waals surface area contributed by atoms with E-state index in [1.54, 1.807) is 11.1 Å². The van der Waals surface area contributed by atoms with Gasteiger partial charge in [-0.25, -0.2) is 0 Å². The van der Waals surface area contributed by atoms with E-state index in [4.69, 9.17) is 0 Å². The molecule has 30 heavy (non-hydrogen) atoms. The predicted octanol–water partition coefficient (Wildman–Crippen LogP) is 10.3. The van der Waals surface area contributed by atoms with Crippen LogP contribution in [0.15, 0.2) is 53.1 Å². The van der Waals surface area contributed by atoms with Crippen molar-refractivity contribution in [3.05, 3.63) is 64.3 Å². The molecule has 0 nitrogen and oxygen atoms in total. The third-order valence-electron chi connectivity index (χ3n) is 6.53. The Morgan fingerprint density at radius 2 is 1.53 bits per heavy atom. The van der Waals surface area contributed by atoms with Gasteiger partial charge in [-0.3, -0.25) is 0 Å². The van der Waals surface area contributed by atoms with Crippen LogP contribution in [0.4, 0.5) is 0 Å². The van der Waals surface area contributed by atoms with Crippen molar-refractivity contribution < 1.29 is 0 Å². The normalized spacial score (nSPS) is 15.7. The molecule has 0 aromatic heterocycles. The van der Waals surface area contributed by atoms with E-state index < -0.39 is 0 Å². The van der Waals surface area contributed by atoms with Crippen LogP contribution < -0.4 is 0 Å². The summed E-state index contributed by atoms with van der Waals surface area (Å²) in [5.74, 6) is 1.29. The molecule has 0 saturated heterocycles. The van der Waals surface area contributed by atoms with Gasteiger partial charge in [-0.1, -0.05) is 104 Å². The predicted molar refractivity (Wildman–Crippen MR) is 138 cm³/mol. The summed E-state index contributed by atoms with van der Waals surface area (Å²) in [6, 6.07) is 9.32. The van der Waals surface area contributed by atoms with Crippen LogP contribution in [0.1, 0.15) is 124 Å². The number of rotatable bonds is 13. The van der Waals surface area contributed by atoms with Crippen molar-refractivity contribution in [3.8, 4) is 0 Å². The largest absolute Gasteiger partial charge is 0.0782 e. The highest BCUT2D eigenvalue weighted by Crippen LogP contribution is 2.30. The molecule has 1 aromatic carbocycles. The van der Waals surface area contributed by atoms with E-state index in [9.17, 15) is 0 Å². The first-order valence-electron chi connectivity index (χ1n) is 12.6. The second kappa shape index (κ2) is 14.4. The minimum absolute atomic E-state index is 0.637. The summed E-state index contributed by atoms with van der Waals surface area (Å²) in [5, 5.41) is 0. The zero-order valence-electron chi connectivity index (χ0n) is 21.3. The molecule has 2 unspecified atom stereocenters. The number of unbranched alkanes of at least 4 members (excludes halogenated alkanes) is 1. The van der Waals surface area contributed by atoms with Gasteiger partial charge in [-0.05, 0) is 84.3 Å². The van der Waals surface area contributed by atoms with Crippen molar-refractivity contribution in [2.24, 2.45) is 5.92 Å². The van der Waals surface area contributed by atoms with Crippen molar-refractivity contribution in [1.82, 2.24) is 0 Å².